The van der Waals surface area contributed by atoms with Gasteiger partial charge in [0.2, 0.25) is 0 Å². The quantitative estimate of drug-likeness (QED) is 0.823. The van der Waals surface area contributed by atoms with Gasteiger partial charge < -0.3 is 5.32 Å². The number of halogens is 1. The first-order valence-electron chi connectivity index (χ1n) is 6.50. The van der Waals surface area contributed by atoms with E-state index in [9.17, 15) is 8.42 Å². The molecule has 1 N–H and O–H groups in total. The Morgan fingerprint density at radius 2 is 2.05 bits per heavy atom. The minimum atomic E-state index is -2.93. The first-order valence-corrected chi connectivity index (χ1v) is 9.36. The molecule has 0 aliphatic carbocycles. The summed E-state index contributed by atoms with van der Waals surface area (Å²) in [7, 11) is -2.93. The van der Waals surface area contributed by atoms with Crippen molar-refractivity contribution < 1.29 is 8.42 Å². The highest BCUT2D eigenvalue weighted by molar-refractivity contribution is 9.10. The van der Waals surface area contributed by atoms with E-state index in [1.807, 2.05) is 19.1 Å². The molecule has 108 valence electrons. The van der Waals surface area contributed by atoms with Crippen molar-refractivity contribution in [3.05, 3.63) is 33.8 Å². The van der Waals surface area contributed by atoms with Crippen molar-refractivity contribution in [2.24, 2.45) is 0 Å². The van der Waals surface area contributed by atoms with Gasteiger partial charge in [0.1, 0.15) is 9.84 Å². The van der Waals surface area contributed by atoms with Crippen LogP contribution in [0.1, 0.15) is 36.9 Å². The fourth-order valence-corrected chi connectivity index (χ4v) is 3.14. The maximum atomic E-state index is 11.4. The van der Waals surface area contributed by atoms with E-state index >= 15 is 0 Å². The van der Waals surface area contributed by atoms with E-state index in [-0.39, 0.29) is 11.8 Å². The van der Waals surface area contributed by atoms with Crippen molar-refractivity contribution in [1.82, 2.24) is 5.32 Å². The Kier molecular flexibility index (Phi) is 6.50. The fraction of sp³-hybridized carbons (Fsp3) is 0.571. The van der Waals surface area contributed by atoms with Gasteiger partial charge in [-0.2, -0.15) is 0 Å². The molecule has 1 aromatic rings. The number of rotatable bonds is 7. The molecule has 0 aromatic heterocycles. The molecule has 1 unspecified atom stereocenters. The van der Waals surface area contributed by atoms with Crippen LogP contribution in [-0.2, 0) is 9.84 Å². The Balaban J connectivity index is 2.91. The normalized spacial score (nSPS) is 13.5. The van der Waals surface area contributed by atoms with Gasteiger partial charge in [-0.05, 0) is 37.9 Å². The number of sulfone groups is 1. The molecule has 0 aliphatic heterocycles. The third kappa shape index (κ3) is 6.06. The highest BCUT2D eigenvalue weighted by atomic mass is 79.9. The molecule has 1 rings (SSSR count). The molecule has 3 nitrogen and oxygen atoms in total. The van der Waals surface area contributed by atoms with Crippen molar-refractivity contribution in [3.8, 4) is 0 Å². The summed E-state index contributed by atoms with van der Waals surface area (Å²) < 4.78 is 23.7. The van der Waals surface area contributed by atoms with E-state index in [1.54, 1.807) is 0 Å². The molecule has 0 bridgehead atoms. The molecule has 0 radical (unpaired) electrons. The molecule has 0 spiro atoms. The van der Waals surface area contributed by atoms with Gasteiger partial charge in [0.15, 0.2) is 0 Å². The van der Waals surface area contributed by atoms with Crippen LogP contribution < -0.4 is 5.32 Å². The van der Waals surface area contributed by atoms with Crippen LogP contribution in [0.3, 0.4) is 0 Å². The van der Waals surface area contributed by atoms with Crippen LogP contribution in [0.5, 0.6) is 0 Å². The number of hydrogen-bond acceptors (Lipinski definition) is 3. The van der Waals surface area contributed by atoms with E-state index < -0.39 is 9.84 Å². The highest BCUT2D eigenvalue weighted by Gasteiger charge is 2.16. The summed E-state index contributed by atoms with van der Waals surface area (Å²) in [4.78, 5) is 0. The topological polar surface area (TPSA) is 46.2 Å². The minimum Gasteiger partial charge on any atom is -0.310 e. The summed E-state index contributed by atoms with van der Waals surface area (Å²) in [6.45, 7) is 5.03. The summed E-state index contributed by atoms with van der Waals surface area (Å²) in [6.07, 6.45) is 2.91. The standard InChI is InChI=1S/C14H22BrNO2S/c1-4-8-16-14(7-9-19(3,17)18)12-10-11(2)5-6-13(12)15/h5-6,10,14,16H,4,7-9H2,1-3H3. The third-order valence-corrected chi connectivity index (χ3v) is 4.64. The predicted molar refractivity (Wildman–Crippen MR) is 84.2 cm³/mol. The summed E-state index contributed by atoms with van der Waals surface area (Å²) in [5.41, 5.74) is 2.32. The molecule has 0 saturated carbocycles. The van der Waals surface area contributed by atoms with E-state index in [4.69, 9.17) is 0 Å². The zero-order valence-corrected chi connectivity index (χ0v) is 14.1. The zero-order chi connectivity index (χ0) is 14.5. The van der Waals surface area contributed by atoms with Crippen molar-refractivity contribution in [2.45, 2.75) is 32.7 Å². The molecule has 0 heterocycles. The Bertz CT molecular complexity index is 514. The van der Waals surface area contributed by atoms with Gasteiger partial charge in [-0.1, -0.05) is 40.5 Å². The van der Waals surface area contributed by atoms with Crippen LogP contribution >= 0.6 is 15.9 Å². The van der Waals surface area contributed by atoms with E-state index in [1.165, 1.54) is 11.8 Å². The zero-order valence-electron chi connectivity index (χ0n) is 11.7. The second-order valence-corrected chi connectivity index (χ2v) is 8.06. The number of benzene rings is 1. The van der Waals surface area contributed by atoms with Gasteiger partial charge >= 0.3 is 0 Å². The van der Waals surface area contributed by atoms with E-state index in [0.717, 1.165) is 23.0 Å². The molecule has 5 heteroatoms. The van der Waals surface area contributed by atoms with Crippen LogP contribution in [0.4, 0.5) is 0 Å². The number of hydrogen-bond donors (Lipinski definition) is 1. The maximum absolute atomic E-state index is 11.4. The van der Waals surface area contributed by atoms with Crippen LogP contribution in [0.25, 0.3) is 0 Å². The van der Waals surface area contributed by atoms with Crippen LogP contribution in [0.15, 0.2) is 22.7 Å². The summed E-state index contributed by atoms with van der Waals surface area (Å²) >= 11 is 3.55. The highest BCUT2D eigenvalue weighted by Crippen LogP contribution is 2.27. The lowest BCUT2D eigenvalue weighted by molar-refractivity contribution is 0.512. The molecule has 1 atom stereocenters. The van der Waals surface area contributed by atoms with Gasteiger partial charge in [-0.25, -0.2) is 8.42 Å². The Morgan fingerprint density at radius 3 is 2.63 bits per heavy atom. The molecular formula is C14H22BrNO2S. The smallest absolute Gasteiger partial charge is 0.147 e. The lowest BCUT2D eigenvalue weighted by Gasteiger charge is -2.20. The van der Waals surface area contributed by atoms with Crippen LogP contribution in [0, 0.1) is 6.92 Å². The number of aryl methyl sites for hydroxylation is 1. The van der Waals surface area contributed by atoms with Gasteiger partial charge in [0, 0.05) is 16.8 Å². The average Bonchev–Trinajstić information content (AvgIpc) is 2.32. The molecule has 0 fully saturated rings. The predicted octanol–water partition coefficient (Wildman–Crippen LogP) is 3.23. The molecule has 0 amide bonds. The molecule has 0 saturated heterocycles. The van der Waals surface area contributed by atoms with Crippen LogP contribution in [0.2, 0.25) is 0 Å². The van der Waals surface area contributed by atoms with Crippen LogP contribution in [-0.4, -0.2) is 27.0 Å². The molecule has 19 heavy (non-hydrogen) atoms. The summed E-state index contributed by atoms with van der Waals surface area (Å²) in [5, 5.41) is 3.43. The second kappa shape index (κ2) is 7.41. The fourth-order valence-electron chi connectivity index (χ4n) is 1.95. The SMILES string of the molecule is CCCNC(CCS(C)(=O)=O)c1cc(C)ccc1Br. The lowest BCUT2D eigenvalue weighted by atomic mass is 10.0. The number of nitrogens with one attached hydrogen (secondary N) is 1. The third-order valence-electron chi connectivity index (χ3n) is 2.94. The van der Waals surface area contributed by atoms with Gasteiger partial charge in [0.05, 0.1) is 5.75 Å². The first kappa shape index (κ1) is 16.7. The largest absolute Gasteiger partial charge is 0.310 e. The molecule has 1 aromatic carbocycles. The van der Waals surface area contributed by atoms with Crippen molar-refractivity contribution in [1.29, 1.82) is 0 Å². The van der Waals surface area contributed by atoms with E-state index in [2.05, 4.69) is 34.2 Å². The minimum absolute atomic E-state index is 0.0731. The van der Waals surface area contributed by atoms with Crippen molar-refractivity contribution >= 4 is 25.8 Å². The first-order chi connectivity index (χ1) is 8.83. The van der Waals surface area contributed by atoms with Gasteiger partial charge in [-0.3, -0.25) is 0 Å². The summed E-state index contributed by atoms with van der Waals surface area (Å²) in [6, 6.07) is 6.25. The Hall–Kier alpha value is -0.390. The molecule has 0 aliphatic rings. The Labute approximate surface area is 124 Å². The summed E-state index contributed by atoms with van der Waals surface area (Å²) in [5.74, 6) is 0.203. The van der Waals surface area contributed by atoms with Gasteiger partial charge in [0.25, 0.3) is 0 Å². The maximum Gasteiger partial charge on any atom is 0.147 e. The van der Waals surface area contributed by atoms with Crippen molar-refractivity contribution in [2.75, 3.05) is 18.6 Å². The van der Waals surface area contributed by atoms with Crippen molar-refractivity contribution in [3.63, 3.8) is 0 Å². The Morgan fingerprint density at radius 1 is 1.37 bits per heavy atom. The monoisotopic (exact) mass is 347 g/mol. The van der Waals surface area contributed by atoms with E-state index in [0.29, 0.717) is 6.42 Å². The lowest BCUT2D eigenvalue weighted by Crippen LogP contribution is -2.25. The second-order valence-electron chi connectivity index (χ2n) is 4.95. The average molecular weight is 348 g/mol. The van der Waals surface area contributed by atoms with Gasteiger partial charge in [-0.15, -0.1) is 0 Å². The molecular weight excluding hydrogens is 326 g/mol.